The van der Waals surface area contributed by atoms with E-state index in [0.29, 0.717) is 5.69 Å². The van der Waals surface area contributed by atoms with Crippen molar-refractivity contribution in [3.05, 3.63) is 54.6 Å². The third-order valence-electron chi connectivity index (χ3n) is 5.52. The van der Waals surface area contributed by atoms with Gasteiger partial charge in [-0.05, 0) is 24.5 Å². The van der Waals surface area contributed by atoms with Gasteiger partial charge in [-0.15, -0.1) is 0 Å². The lowest BCUT2D eigenvalue weighted by Crippen LogP contribution is -2.38. The van der Waals surface area contributed by atoms with Gasteiger partial charge in [0.05, 0.1) is 11.8 Å². The van der Waals surface area contributed by atoms with Gasteiger partial charge in [0.1, 0.15) is 6.54 Å². The molecule has 2 atom stereocenters. The van der Waals surface area contributed by atoms with E-state index in [-0.39, 0.29) is 36.1 Å². The van der Waals surface area contributed by atoms with Crippen LogP contribution in [0.25, 0.3) is 11.1 Å². The van der Waals surface area contributed by atoms with Crippen molar-refractivity contribution in [3.63, 3.8) is 0 Å². The van der Waals surface area contributed by atoms with Crippen LogP contribution in [0, 0.1) is 11.8 Å². The van der Waals surface area contributed by atoms with Crippen molar-refractivity contribution >= 4 is 23.4 Å². The van der Waals surface area contributed by atoms with Crippen LogP contribution in [0.5, 0.6) is 0 Å². The van der Waals surface area contributed by atoms with E-state index in [1.54, 1.807) is 0 Å². The molecule has 0 aromatic heterocycles. The lowest BCUT2D eigenvalue weighted by atomic mass is 9.81. The maximum atomic E-state index is 12.6. The first kappa shape index (κ1) is 17.5. The molecule has 2 unspecified atom stereocenters. The lowest BCUT2D eigenvalue weighted by Gasteiger charge is -2.19. The number of benzene rings is 2. The SMILES string of the molecule is O=C(CN1C(=O)C2CCCCC2C1=O)Nc1ccccc1-c1ccccc1. The Morgan fingerprint density at radius 1 is 0.889 bits per heavy atom. The van der Waals surface area contributed by atoms with E-state index in [4.69, 9.17) is 0 Å². The zero-order valence-corrected chi connectivity index (χ0v) is 15.1. The summed E-state index contributed by atoms with van der Waals surface area (Å²) in [5, 5.41) is 2.87. The number of hydrogen-bond donors (Lipinski definition) is 1. The summed E-state index contributed by atoms with van der Waals surface area (Å²) in [6.45, 7) is -0.214. The molecular weight excluding hydrogens is 340 g/mol. The van der Waals surface area contributed by atoms with Gasteiger partial charge >= 0.3 is 0 Å². The van der Waals surface area contributed by atoms with Crippen LogP contribution in [0.15, 0.2) is 54.6 Å². The van der Waals surface area contributed by atoms with E-state index in [2.05, 4.69) is 5.32 Å². The Morgan fingerprint density at radius 2 is 1.48 bits per heavy atom. The number of amides is 3. The number of nitrogens with one attached hydrogen (secondary N) is 1. The molecule has 0 radical (unpaired) electrons. The van der Waals surface area contributed by atoms with Crippen molar-refractivity contribution in [3.8, 4) is 11.1 Å². The summed E-state index contributed by atoms with van der Waals surface area (Å²) in [5.41, 5.74) is 2.57. The summed E-state index contributed by atoms with van der Waals surface area (Å²) >= 11 is 0. The minimum atomic E-state index is -0.348. The third-order valence-corrected chi connectivity index (χ3v) is 5.52. The van der Waals surface area contributed by atoms with E-state index >= 15 is 0 Å². The number of nitrogens with zero attached hydrogens (tertiary/aromatic N) is 1. The van der Waals surface area contributed by atoms with Crippen LogP contribution in [0.1, 0.15) is 25.7 Å². The molecule has 2 aromatic carbocycles. The first-order chi connectivity index (χ1) is 13.1. The summed E-state index contributed by atoms with van der Waals surface area (Å²) in [4.78, 5) is 38.8. The highest BCUT2D eigenvalue weighted by atomic mass is 16.2. The molecule has 1 saturated heterocycles. The number of hydrogen-bond acceptors (Lipinski definition) is 3. The number of fused-ring (bicyclic) bond motifs is 1. The van der Waals surface area contributed by atoms with Crippen LogP contribution in [0.3, 0.4) is 0 Å². The van der Waals surface area contributed by atoms with Crippen molar-refractivity contribution in [2.24, 2.45) is 11.8 Å². The number of likely N-dealkylation sites (tertiary alicyclic amines) is 1. The first-order valence-electron chi connectivity index (χ1n) is 9.44. The second kappa shape index (κ2) is 7.35. The molecule has 2 aliphatic rings. The molecule has 0 bridgehead atoms. The van der Waals surface area contributed by atoms with Crippen molar-refractivity contribution in [1.29, 1.82) is 0 Å². The van der Waals surface area contributed by atoms with Gasteiger partial charge in [0.15, 0.2) is 0 Å². The summed E-state index contributed by atoms with van der Waals surface area (Å²) in [6.07, 6.45) is 3.46. The number of imide groups is 1. The summed E-state index contributed by atoms with van der Waals surface area (Å²) in [5.74, 6) is -1.17. The molecule has 5 heteroatoms. The van der Waals surface area contributed by atoms with Crippen LogP contribution in [-0.2, 0) is 14.4 Å². The Balaban J connectivity index is 1.49. The fraction of sp³-hybridized carbons (Fsp3) is 0.318. The Kier molecular flexibility index (Phi) is 4.75. The molecule has 5 nitrogen and oxygen atoms in total. The molecule has 1 aliphatic heterocycles. The van der Waals surface area contributed by atoms with Crippen molar-refractivity contribution in [2.75, 3.05) is 11.9 Å². The maximum Gasteiger partial charge on any atom is 0.244 e. The second-order valence-corrected chi connectivity index (χ2v) is 7.22. The van der Waals surface area contributed by atoms with Gasteiger partial charge in [-0.2, -0.15) is 0 Å². The molecule has 1 saturated carbocycles. The van der Waals surface area contributed by atoms with Crippen molar-refractivity contribution in [1.82, 2.24) is 4.90 Å². The molecule has 2 aromatic rings. The zero-order chi connectivity index (χ0) is 18.8. The Labute approximate surface area is 158 Å². The van der Waals surface area contributed by atoms with Crippen LogP contribution in [0.4, 0.5) is 5.69 Å². The van der Waals surface area contributed by atoms with E-state index in [1.165, 1.54) is 0 Å². The van der Waals surface area contributed by atoms with Crippen LogP contribution < -0.4 is 5.32 Å². The fourth-order valence-corrected chi connectivity index (χ4v) is 4.18. The van der Waals surface area contributed by atoms with Gasteiger partial charge in [0, 0.05) is 11.3 Å². The molecule has 4 rings (SSSR count). The molecule has 1 heterocycles. The van der Waals surface area contributed by atoms with Crippen LogP contribution >= 0.6 is 0 Å². The highest BCUT2D eigenvalue weighted by molar-refractivity contribution is 6.09. The number of para-hydroxylation sites is 1. The topological polar surface area (TPSA) is 66.5 Å². The van der Waals surface area contributed by atoms with E-state index in [1.807, 2.05) is 54.6 Å². The molecule has 27 heavy (non-hydrogen) atoms. The maximum absolute atomic E-state index is 12.6. The predicted molar refractivity (Wildman–Crippen MR) is 103 cm³/mol. The zero-order valence-electron chi connectivity index (χ0n) is 15.1. The number of anilines is 1. The normalized spacial score (nSPS) is 21.9. The van der Waals surface area contributed by atoms with E-state index < -0.39 is 0 Å². The predicted octanol–water partition coefficient (Wildman–Crippen LogP) is 3.47. The number of rotatable bonds is 4. The largest absolute Gasteiger partial charge is 0.324 e. The highest BCUT2D eigenvalue weighted by Crippen LogP contribution is 2.38. The lowest BCUT2D eigenvalue weighted by molar-refractivity contribution is -0.142. The average Bonchev–Trinajstić information content (AvgIpc) is 2.94. The van der Waals surface area contributed by atoms with Gasteiger partial charge in [0.25, 0.3) is 0 Å². The average molecular weight is 362 g/mol. The van der Waals surface area contributed by atoms with Crippen molar-refractivity contribution in [2.45, 2.75) is 25.7 Å². The standard InChI is InChI=1S/C22H22N2O3/c25-20(14-24-21(26)17-11-4-5-12-18(17)22(24)27)23-19-13-7-6-10-16(19)15-8-2-1-3-9-15/h1-3,6-10,13,17-18H,4-5,11-12,14H2,(H,23,25). The fourth-order valence-electron chi connectivity index (χ4n) is 4.18. The first-order valence-corrected chi connectivity index (χ1v) is 9.44. The minimum Gasteiger partial charge on any atom is -0.324 e. The molecule has 1 N–H and O–H groups in total. The Morgan fingerprint density at radius 3 is 2.15 bits per heavy atom. The molecule has 0 spiro atoms. The van der Waals surface area contributed by atoms with Crippen LogP contribution in [0.2, 0.25) is 0 Å². The summed E-state index contributed by atoms with van der Waals surface area (Å²) in [7, 11) is 0. The Bertz CT molecular complexity index is 854. The van der Waals surface area contributed by atoms with E-state index in [0.717, 1.165) is 41.7 Å². The molecule has 2 fully saturated rings. The summed E-state index contributed by atoms with van der Waals surface area (Å²) in [6, 6.07) is 17.3. The minimum absolute atomic E-state index is 0.184. The van der Waals surface area contributed by atoms with Crippen LogP contribution in [-0.4, -0.2) is 29.2 Å². The monoisotopic (exact) mass is 362 g/mol. The summed E-state index contributed by atoms with van der Waals surface area (Å²) < 4.78 is 0. The smallest absolute Gasteiger partial charge is 0.244 e. The van der Waals surface area contributed by atoms with Gasteiger partial charge < -0.3 is 5.32 Å². The van der Waals surface area contributed by atoms with Crippen molar-refractivity contribution < 1.29 is 14.4 Å². The third kappa shape index (κ3) is 3.37. The van der Waals surface area contributed by atoms with E-state index in [9.17, 15) is 14.4 Å². The highest BCUT2D eigenvalue weighted by Gasteiger charge is 2.48. The van der Waals surface area contributed by atoms with Gasteiger partial charge in [0.2, 0.25) is 17.7 Å². The molecule has 1 aliphatic carbocycles. The molecule has 138 valence electrons. The Hall–Kier alpha value is -2.95. The number of carbonyl (C=O) groups is 3. The second-order valence-electron chi connectivity index (χ2n) is 7.22. The number of carbonyl (C=O) groups excluding carboxylic acids is 3. The van der Waals surface area contributed by atoms with Gasteiger partial charge in [-0.1, -0.05) is 61.4 Å². The van der Waals surface area contributed by atoms with Gasteiger partial charge in [-0.25, -0.2) is 0 Å². The van der Waals surface area contributed by atoms with Gasteiger partial charge in [-0.3, -0.25) is 19.3 Å². The quantitative estimate of drug-likeness (QED) is 0.847. The molecular formula is C22H22N2O3. The molecule has 3 amide bonds.